The number of para-hydroxylation sites is 2. The topological polar surface area (TPSA) is 12.5 Å². The van der Waals surface area contributed by atoms with Crippen LogP contribution >= 0.6 is 0 Å². The van der Waals surface area contributed by atoms with E-state index >= 15 is 0 Å². The monoisotopic (exact) mass is 163 g/mol. The van der Waals surface area contributed by atoms with Gasteiger partial charge in [0.15, 0.2) is 0 Å². The Morgan fingerprint density at radius 2 is 2.17 bits per heavy atom. The maximum Gasteiger partial charge on any atom is 0.143 e. The lowest BCUT2D eigenvalue weighted by molar-refractivity contribution is 0.215. The molecule has 1 atom stereocenters. The number of benzene rings is 1. The minimum Gasteiger partial charge on any atom is -0.487 e. The Morgan fingerprint density at radius 3 is 3.00 bits per heavy atom. The fourth-order valence-electron chi connectivity index (χ4n) is 1.61. The lowest BCUT2D eigenvalue weighted by atomic mass is 10.2. The summed E-state index contributed by atoms with van der Waals surface area (Å²) in [5, 5.41) is 0. The van der Waals surface area contributed by atoms with Crippen LogP contribution in [0.1, 0.15) is 6.92 Å². The van der Waals surface area contributed by atoms with Crippen molar-refractivity contribution in [3.8, 4) is 5.75 Å². The van der Waals surface area contributed by atoms with Gasteiger partial charge in [-0.05, 0) is 19.1 Å². The standard InChI is InChI=1S/C10H13NO/c1-8-7-11(2)9-5-3-4-6-10(9)12-8/h3-6,8H,7H2,1-2H3. The maximum atomic E-state index is 5.66. The minimum absolute atomic E-state index is 0.296. The lowest BCUT2D eigenvalue weighted by Gasteiger charge is -2.31. The molecule has 1 aromatic rings. The van der Waals surface area contributed by atoms with Gasteiger partial charge in [0.1, 0.15) is 11.9 Å². The summed E-state index contributed by atoms with van der Waals surface area (Å²) in [5.41, 5.74) is 1.19. The Hall–Kier alpha value is -1.18. The zero-order valence-electron chi connectivity index (χ0n) is 7.45. The molecule has 0 radical (unpaired) electrons. The first-order chi connectivity index (χ1) is 5.77. The summed E-state index contributed by atoms with van der Waals surface area (Å²) in [6.07, 6.45) is 0.296. The van der Waals surface area contributed by atoms with Gasteiger partial charge in [-0.1, -0.05) is 12.1 Å². The second kappa shape index (κ2) is 2.70. The molecule has 0 saturated carbocycles. The maximum absolute atomic E-state index is 5.66. The van der Waals surface area contributed by atoms with E-state index in [1.54, 1.807) is 0 Å². The molecule has 0 spiro atoms. The van der Waals surface area contributed by atoms with Gasteiger partial charge in [-0.3, -0.25) is 0 Å². The minimum atomic E-state index is 0.296. The zero-order valence-corrected chi connectivity index (χ0v) is 7.45. The van der Waals surface area contributed by atoms with Crippen LogP contribution in [0, 0.1) is 0 Å². The second-order valence-corrected chi connectivity index (χ2v) is 3.28. The van der Waals surface area contributed by atoms with Gasteiger partial charge < -0.3 is 9.64 Å². The predicted molar refractivity (Wildman–Crippen MR) is 49.8 cm³/mol. The molecule has 0 fully saturated rings. The van der Waals surface area contributed by atoms with E-state index in [0.29, 0.717) is 6.10 Å². The summed E-state index contributed by atoms with van der Waals surface area (Å²) in [7, 11) is 2.10. The highest BCUT2D eigenvalue weighted by atomic mass is 16.5. The number of hydrogen-bond donors (Lipinski definition) is 0. The van der Waals surface area contributed by atoms with Crippen LogP contribution in [0.15, 0.2) is 24.3 Å². The Bertz CT molecular complexity index is 285. The average Bonchev–Trinajstić information content (AvgIpc) is 2.04. The van der Waals surface area contributed by atoms with Gasteiger partial charge in [-0.2, -0.15) is 0 Å². The number of nitrogens with zero attached hydrogens (tertiary/aromatic N) is 1. The molecule has 0 saturated heterocycles. The molecule has 0 amide bonds. The molecule has 64 valence electrons. The normalized spacial score (nSPS) is 21.5. The first-order valence-corrected chi connectivity index (χ1v) is 4.24. The summed E-state index contributed by atoms with van der Waals surface area (Å²) >= 11 is 0. The van der Waals surface area contributed by atoms with E-state index in [1.165, 1.54) is 5.69 Å². The van der Waals surface area contributed by atoms with E-state index in [4.69, 9.17) is 4.74 Å². The quantitative estimate of drug-likeness (QED) is 0.579. The Labute approximate surface area is 72.8 Å². The number of anilines is 1. The van der Waals surface area contributed by atoms with Crippen molar-refractivity contribution >= 4 is 5.69 Å². The van der Waals surface area contributed by atoms with Crippen molar-refractivity contribution in [3.05, 3.63) is 24.3 Å². The molecular weight excluding hydrogens is 150 g/mol. The largest absolute Gasteiger partial charge is 0.487 e. The molecule has 2 rings (SSSR count). The smallest absolute Gasteiger partial charge is 0.143 e. The van der Waals surface area contributed by atoms with Crippen LogP contribution in [0.3, 0.4) is 0 Å². The predicted octanol–water partition coefficient (Wildman–Crippen LogP) is 1.90. The van der Waals surface area contributed by atoms with Crippen LogP contribution < -0.4 is 9.64 Å². The number of fused-ring (bicyclic) bond motifs is 1. The molecule has 1 heterocycles. The van der Waals surface area contributed by atoms with Crippen molar-refractivity contribution < 1.29 is 4.74 Å². The van der Waals surface area contributed by atoms with Crippen molar-refractivity contribution in [1.82, 2.24) is 0 Å². The first-order valence-electron chi connectivity index (χ1n) is 4.24. The van der Waals surface area contributed by atoms with Crippen molar-refractivity contribution in [2.24, 2.45) is 0 Å². The number of ether oxygens (including phenoxy) is 1. The molecule has 1 aliphatic rings. The Morgan fingerprint density at radius 1 is 1.42 bits per heavy atom. The van der Waals surface area contributed by atoms with Gasteiger partial charge >= 0.3 is 0 Å². The molecule has 0 bridgehead atoms. The van der Waals surface area contributed by atoms with Gasteiger partial charge in [0, 0.05) is 7.05 Å². The third kappa shape index (κ3) is 1.13. The fourth-order valence-corrected chi connectivity index (χ4v) is 1.61. The molecule has 0 N–H and O–H groups in total. The number of rotatable bonds is 0. The van der Waals surface area contributed by atoms with Crippen LogP contribution in [0.2, 0.25) is 0 Å². The number of likely N-dealkylation sites (N-methyl/N-ethyl adjacent to an activating group) is 1. The lowest BCUT2D eigenvalue weighted by Crippen LogP contribution is -2.35. The van der Waals surface area contributed by atoms with Gasteiger partial charge in [-0.15, -0.1) is 0 Å². The van der Waals surface area contributed by atoms with E-state index in [9.17, 15) is 0 Å². The molecular formula is C10H13NO. The highest BCUT2D eigenvalue weighted by Gasteiger charge is 2.18. The van der Waals surface area contributed by atoms with Crippen LogP contribution in [-0.2, 0) is 0 Å². The molecule has 12 heavy (non-hydrogen) atoms. The van der Waals surface area contributed by atoms with Crippen molar-refractivity contribution in [2.45, 2.75) is 13.0 Å². The third-order valence-electron chi connectivity index (χ3n) is 2.14. The fraction of sp³-hybridized carbons (Fsp3) is 0.400. The number of hydrogen-bond acceptors (Lipinski definition) is 2. The zero-order chi connectivity index (χ0) is 8.55. The molecule has 1 aromatic carbocycles. The molecule has 1 aliphatic heterocycles. The molecule has 0 aromatic heterocycles. The second-order valence-electron chi connectivity index (χ2n) is 3.28. The summed E-state index contributed by atoms with van der Waals surface area (Å²) in [6.45, 7) is 3.06. The van der Waals surface area contributed by atoms with E-state index in [0.717, 1.165) is 12.3 Å². The highest BCUT2D eigenvalue weighted by molar-refractivity contribution is 5.59. The van der Waals surface area contributed by atoms with Crippen LogP contribution in [0.4, 0.5) is 5.69 Å². The Balaban J connectivity index is 2.40. The SMILES string of the molecule is CC1CN(C)c2ccccc2O1. The van der Waals surface area contributed by atoms with Gasteiger partial charge in [0.2, 0.25) is 0 Å². The van der Waals surface area contributed by atoms with Crippen molar-refractivity contribution in [1.29, 1.82) is 0 Å². The van der Waals surface area contributed by atoms with Crippen LogP contribution in [0.25, 0.3) is 0 Å². The third-order valence-corrected chi connectivity index (χ3v) is 2.14. The molecule has 2 nitrogen and oxygen atoms in total. The summed E-state index contributed by atoms with van der Waals surface area (Å²) in [4.78, 5) is 2.23. The van der Waals surface area contributed by atoms with Crippen LogP contribution in [-0.4, -0.2) is 19.7 Å². The molecule has 1 unspecified atom stereocenters. The van der Waals surface area contributed by atoms with Gasteiger partial charge in [-0.25, -0.2) is 0 Å². The van der Waals surface area contributed by atoms with Crippen molar-refractivity contribution in [2.75, 3.05) is 18.5 Å². The van der Waals surface area contributed by atoms with E-state index in [1.807, 2.05) is 18.2 Å². The van der Waals surface area contributed by atoms with E-state index in [2.05, 4.69) is 24.9 Å². The summed E-state index contributed by atoms with van der Waals surface area (Å²) in [6, 6.07) is 8.14. The van der Waals surface area contributed by atoms with Gasteiger partial charge in [0.25, 0.3) is 0 Å². The average molecular weight is 163 g/mol. The molecule has 2 heteroatoms. The van der Waals surface area contributed by atoms with Gasteiger partial charge in [0.05, 0.1) is 12.2 Å². The summed E-state index contributed by atoms with van der Waals surface area (Å²) in [5.74, 6) is 0.999. The summed E-state index contributed by atoms with van der Waals surface area (Å²) < 4.78 is 5.66. The van der Waals surface area contributed by atoms with Crippen molar-refractivity contribution in [3.63, 3.8) is 0 Å². The Kier molecular flexibility index (Phi) is 1.68. The van der Waals surface area contributed by atoms with E-state index < -0.39 is 0 Å². The molecule has 0 aliphatic carbocycles. The van der Waals surface area contributed by atoms with Crippen LogP contribution in [0.5, 0.6) is 5.75 Å². The van der Waals surface area contributed by atoms with E-state index in [-0.39, 0.29) is 0 Å². The first kappa shape index (κ1) is 7.47. The highest BCUT2D eigenvalue weighted by Crippen LogP contribution is 2.31.